The first-order chi connectivity index (χ1) is 7.30. The Hall–Kier alpha value is -0.610. The Bertz CT molecular complexity index is 248. The van der Waals surface area contributed by atoms with Gasteiger partial charge in [-0.2, -0.15) is 0 Å². The molecule has 0 aromatic carbocycles. The van der Waals surface area contributed by atoms with Crippen molar-refractivity contribution in [2.75, 3.05) is 26.7 Å². The van der Waals surface area contributed by atoms with Crippen LogP contribution in [0.3, 0.4) is 0 Å². The van der Waals surface area contributed by atoms with E-state index in [2.05, 4.69) is 37.6 Å². The number of aliphatic carboxylic acids is 1. The smallest absolute Gasteiger partial charge is 0.317 e. The number of hydrogen-bond donors (Lipinski definition) is 1. The van der Waals surface area contributed by atoms with Gasteiger partial charge in [-0.05, 0) is 47.2 Å². The zero-order valence-corrected chi connectivity index (χ0v) is 10.9. The third-order valence-electron chi connectivity index (χ3n) is 3.21. The van der Waals surface area contributed by atoms with Gasteiger partial charge in [0.2, 0.25) is 0 Å². The summed E-state index contributed by atoms with van der Waals surface area (Å²) in [5.74, 6) is -0.733. The van der Waals surface area contributed by atoms with Crippen LogP contribution in [0.4, 0.5) is 0 Å². The molecule has 1 fully saturated rings. The summed E-state index contributed by atoms with van der Waals surface area (Å²) in [5, 5.41) is 8.99. The van der Waals surface area contributed by atoms with Crippen molar-refractivity contribution in [1.29, 1.82) is 0 Å². The third kappa shape index (κ3) is 3.76. The normalized spacial score (nSPS) is 23.7. The molecule has 0 aliphatic carbocycles. The van der Waals surface area contributed by atoms with E-state index in [1.807, 2.05) is 0 Å². The highest BCUT2D eigenvalue weighted by Crippen LogP contribution is 2.22. The maximum atomic E-state index is 10.9. The molecule has 16 heavy (non-hydrogen) atoms. The molecule has 0 spiro atoms. The molecule has 0 radical (unpaired) electrons. The van der Waals surface area contributed by atoms with E-state index in [4.69, 9.17) is 5.11 Å². The largest absolute Gasteiger partial charge is 0.480 e. The van der Waals surface area contributed by atoms with E-state index in [9.17, 15) is 4.79 Å². The van der Waals surface area contributed by atoms with Crippen molar-refractivity contribution in [3.63, 3.8) is 0 Å². The molecule has 94 valence electrons. The van der Waals surface area contributed by atoms with Crippen LogP contribution in [0.2, 0.25) is 0 Å². The van der Waals surface area contributed by atoms with Crippen LogP contribution in [-0.2, 0) is 4.79 Å². The number of rotatable bonds is 3. The maximum Gasteiger partial charge on any atom is 0.317 e. The molecule has 0 bridgehead atoms. The van der Waals surface area contributed by atoms with E-state index < -0.39 is 5.97 Å². The van der Waals surface area contributed by atoms with E-state index in [0.717, 1.165) is 25.9 Å². The molecule has 1 unspecified atom stereocenters. The Morgan fingerprint density at radius 2 is 2.12 bits per heavy atom. The van der Waals surface area contributed by atoms with E-state index in [-0.39, 0.29) is 12.1 Å². The van der Waals surface area contributed by atoms with Gasteiger partial charge in [-0.15, -0.1) is 0 Å². The molecular formula is C12H24N2O2. The van der Waals surface area contributed by atoms with Crippen LogP contribution in [0.5, 0.6) is 0 Å². The number of carboxylic acid groups (broad SMARTS) is 1. The third-order valence-corrected chi connectivity index (χ3v) is 3.21. The summed E-state index contributed by atoms with van der Waals surface area (Å²) in [4.78, 5) is 15.3. The first kappa shape index (κ1) is 13.5. The molecule has 4 heteroatoms. The molecule has 0 aromatic heterocycles. The standard InChI is InChI=1S/C12H24N2O2/c1-12(2,3)14(9-11(15)16)10-6-5-7-13(4)8-10/h10H,5-9H2,1-4H3,(H,15,16). The van der Waals surface area contributed by atoms with Crippen LogP contribution in [-0.4, -0.2) is 59.1 Å². The molecule has 0 saturated carbocycles. The Kier molecular flexibility index (Phi) is 4.33. The molecule has 1 rings (SSSR count). The van der Waals surface area contributed by atoms with Crippen LogP contribution in [0.25, 0.3) is 0 Å². The topological polar surface area (TPSA) is 43.8 Å². The van der Waals surface area contributed by atoms with Gasteiger partial charge < -0.3 is 10.0 Å². The van der Waals surface area contributed by atoms with E-state index in [1.54, 1.807) is 0 Å². The van der Waals surface area contributed by atoms with Gasteiger partial charge in [-0.3, -0.25) is 9.69 Å². The Morgan fingerprint density at radius 3 is 2.56 bits per heavy atom. The van der Waals surface area contributed by atoms with Crippen molar-refractivity contribution >= 4 is 5.97 Å². The second kappa shape index (κ2) is 5.15. The Balaban J connectivity index is 2.71. The van der Waals surface area contributed by atoms with Gasteiger partial charge in [-0.25, -0.2) is 0 Å². The lowest BCUT2D eigenvalue weighted by molar-refractivity contribution is -0.141. The van der Waals surface area contributed by atoms with Crippen LogP contribution >= 0.6 is 0 Å². The minimum Gasteiger partial charge on any atom is -0.480 e. The van der Waals surface area contributed by atoms with Crippen molar-refractivity contribution in [3.05, 3.63) is 0 Å². The number of carboxylic acids is 1. The average Bonchev–Trinajstić information content (AvgIpc) is 2.12. The Labute approximate surface area is 98.2 Å². The monoisotopic (exact) mass is 228 g/mol. The van der Waals surface area contributed by atoms with Crippen LogP contribution in [0.1, 0.15) is 33.6 Å². The fraction of sp³-hybridized carbons (Fsp3) is 0.917. The van der Waals surface area contributed by atoms with Crippen molar-refractivity contribution in [3.8, 4) is 0 Å². The average molecular weight is 228 g/mol. The van der Waals surface area contributed by atoms with Gasteiger partial charge in [-0.1, -0.05) is 0 Å². The molecular weight excluding hydrogens is 204 g/mol. The van der Waals surface area contributed by atoms with Crippen LogP contribution in [0.15, 0.2) is 0 Å². The highest BCUT2D eigenvalue weighted by Gasteiger charge is 2.32. The Morgan fingerprint density at radius 1 is 1.50 bits per heavy atom. The zero-order valence-electron chi connectivity index (χ0n) is 10.9. The van der Waals surface area contributed by atoms with Crippen molar-refractivity contribution in [1.82, 2.24) is 9.80 Å². The lowest BCUT2D eigenvalue weighted by Crippen LogP contribution is -2.55. The summed E-state index contributed by atoms with van der Waals surface area (Å²) in [6.45, 7) is 8.51. The predicted octanol–water partition coefficient (Wildman–Crippen LogP) is 1.27. The molecule has 1 N–H and O–H groups in total. The highest BCUT2D eigenvalue weighted by molar-refractivity contribution is 5.69. The number of hydrogen-bond acceptors (Lipinski definition) is 3. The summed E-state index contributed by atoms with van der Waals surface area (Å²) in [5.41, 5.74) is -0.0821. The number of likely N-dealkylation sites (N-methyl/N-ethyl adjacent to an activating group) is 1. The molecule has 0 amide bonds. The first-order valence-corrected chi connectivity index (χ1v) is 5.98. The minimum absolute atomic E-state index is 0.0821. The summed E-state index contributed by atoms with van der Waals surface area (Å²) in [6.07, 6.45) is 2.27. The van der Waals surface area contributed by atoms with Gasteiger partial charge >= 0.3 is 5.97 Å². The van der Waals surface area contributed by atoms with Gasteiger partial charge in [0.15, 0.2) is 0 Å². The second-order valence-electron chi connectivity index (χ2n) is 5.75. The van der Waals surface area contributed by atoms with E-state index in [0.29, 0.717) is 6.04 Å². The quantitative estimate of drug-likeness (QED) is 0.790. The molecule has 1 heterocycles. The fourth-order valence-corrected chi connectivity index (χ4v) is 2.45. The number of likely N-dealkylation sites (tertiary alicyclic amines) is 1. The number of piperidine rings is 1. The lowest BCUT2D eigenvalue weighted by atomic mass is 9.97. The first-order valence-electron chi connectivity index (χ1n) is 5.98. The van der Waals surface area contributed by atoms with E-state index in [1.165, 1.54) is 0 Å². The molecule has 0 aromatic rings. The van der Waals surface area contributed by atoms with Gasteiger partial charge in [0, 0.05) is 18.1 Å². The molecule has 4 nitrogen and oxygen atoms in total. The summed E-state index contributed by atoms with van der Waals surface area (Å²) in [7, 11) is 2.10. The minimum atomic E-state index is -0.733. The van der Waals surface area contributed by atoms with Crippen LogP contribution < -0.4 is 0 Å². The maximum absolute atomic E-state index is 10.9. The van der Waals surface area contributed by atoms with Gasteiger partial charge in [0.25, 0.3) is 0 Å². The van der Waals surface area contributed by atoms with Crippen LogP contribution in [0, 0.1) is 0 Å². The molecule has 1 aliphatic heterocycles. The highest BCUT2D eigenvalue weighted by atomic mass is 16.4. The van der Waals surface area contributed by atoms with Crippen molar-refractivity contribution in [2.24, 2.45) is 0 Å². The SMILES string of the molecule is CN1CCCC(N(CC(=O)O)C(C)(C)C)C1. The summed E-state index contributed by atoms with van der Waals surface area (Å²) < 4.78 is 0. The molecule has 1 atom stereocenters. The summed E-state index contributed by atoms with van der Waals surface area (Å²) in [6, 6.07) is 0.370. The number of carbonyl (C=O) groups is 1. The predicted molar refractivity (Wildman–Crippen MR) is 64.6 cm³/mol. The molecule has 1 aliphatic rings. The fourth-order valence-electron chi connectivity index (χ4n) is 2.45. The molecule has 1 saturated heterocycles. The van der Waals surface area contributed by atoms with E-state index >= 15 is 0 Å². The van der Waals surface area contributed by atoms with Crippen molar-refractivity contribution < 1.29 is 9.90 Å². The zero-order chi connectivity index (χ0) is 12.3. The van der Waals surface area contributed by atoms with Gasteiger partial charge in [0.05, 0.1) is 6.54 Å². The van der Waals surface area contributed by atoms with Crippen molar-refractivity contribution in [2.45, 2.75) is 45.2 Å². The number of nitrogens with zero attached hydrogens (tertiary/aromatic N) is 2. The second-order valence-corrected chi connectivity index (χ2v) is 5.75. The summed E-state index contributed by atoms with van der Waals surface area (Å²) >= 11 is 0. The lowest BCUT2D eigenvalue weighted by Gasteiger charge is -2.44. The van der Waals surface area contributed by atoms with Gasteiger partial charge in [0.1, 0.15) is 0 Å².